The number of nitrogen functional groups attached to an aromatic ring is 1. The molecule has 1 aromatic heterocycles. The van der Waals surface area contributed by atoms with Crippen molar-refractivity contribution in [2.24, 2.45) is 0 Å². The van der Waals surface area contributed by atoms with Gasteiger partial charge in [-0.1, -0.05) is 66.7 Å². The van der Waals surface area contributed by atoms with Crippen molar-refractivity contribution in [3.63, 3.8) is 0 Å². The lowest BCUT2D eigenvalue weighted by Crippen LogP contribution is -2.25. The number of rotatable bonds is 4. The third-order valence-electron chi connectivity index (χ3n) is 6.43. The highest BCUT2D eigenvalue weighted by atomic mass is 31.2. The first-order valence-corrected chi connectivity index (χ1v) is 13.0. The number of fused-ring (bicyclic) bond motifs is 3. The molecule has 0 amide bonds. The molecular weight excluding hydrogens is 435 g/mol. The molecule has 0 bridgehead atoms. The topological polar surface area (TPSA) is 48.0 Å². The van der Waals surface area contributed by atoms with E-state index in [1.54, 1.807) is 0 Å². The molecule has 0 saturated heterocycles. The Morgan fingerprint density at radius 1 is 0.500 bits per heavy atom. The number of benzene rings is 5. The van der Waals surface area contributed by atoms with Crippen LogP contribution in [0.3, 0.4) is 0 Å². The van der Waals surface area contributed by atoms with Gasteiger partial charge < -0.3 is 14.9 Å². The zero-order chi connectivity index (χ0) is 23.1. The van der Waals surface area contributed by atoms with E-state index in [2.05, 4.69) is 65.2 Å². The van der Waals surface area contributed by atoms with Crippen LogP contribution in [0.25, 0.3) is 27.5 Å². The van der Waals surface area contributed by atoms with Crippen molar-refractivity contribution < 1.29 is 4.57 Å². The van der Waals surface area contributed by atoms with E-state index >= 15 is 0 Å². The van der Waals surface area contributed by atoms with E-state index in [0.717, 1.165) is 32.6 Å². The summed E-state index contributed by atoms with van der Waals surface area (Å²) in [6.07, 6.45) is 0. The Balaban J connectivity index is 1.54. The molecule has 6 rings (SSSR count). The highest BCUT2D eigenvalue weighted by molar-refractivity contribution is 7.85. The fourth-order valence-corrected chi connectivity index (χ4v) is 7.41. The summed E-state index contributed by atoms with van der Waals surface area (Å²) in [5.41, 5.74) is 9.92. The summed E-state index contributed by atoms with van der Waals surface area (Å²) in [6.45, 7) is 0. The summed E-state index contributed by atoms with van der Waals surface area (Å²) >= 11 is 0. The Kier molecular flexibility index (Phi) is 4.86. The van der Waals surface area contributed by atoms with Crippen LogP contribution in [-0.4, -0.2) is 4.57 Å². The first-order valence-electron chi connectivity index (χ1n) is 11.3. The lowest BCUT2D eigenvalue weighted by atomic mass is 10.2. The van der Waals surface area contributed by atoms with Crippen LogP contribution in [0, 0.1) is 0 Å². The highest BCUT2D eigenvalue weighted by Gasteiger charge is 2.29. The number of hydrogen-bond donors (Lipinski definition) is 1. The van der Waals surface area contributed by atoms with Crippen molar-refractivity contribution in [2.75, 3.05) is 5.73 Å². The summed E-state index contributed by atoms with van der Waals surface area (Å²) in [5, 5.41) is 4.83. The molecule has 0 saturated carbocycles. The maximum atomic E-state index is 14.7. The Labute approximate surface area is 198 Å². The molecule has 34 heavy (non-hydrogen) atoms. The van der Waals surface area contributed by atoms with Crippen molar-refractivity contribution in [2.45, 2.75) is 0 Å². The number of aromatic nitrogens is 1. The van der Waals surface area contributed by atoms with Crippen LogP contribution in [0.4, 0.5) is 5.69 Å². The molecule has 0 aliphatic rings. The minimum absolute atomic E-state index is 0.657. The second-order valence-electron chi connectivity index (χ2n) is 8.42. The lowest BCUT2D eigenvalue weighted by molar-refractivity contribution is 0.592. The van der Waals surface area contributed by atoms with Gasteiger partial charge in [-0.2, -0.15) is 0 Å². The largest absolute Gasteiger partial charge is 0.399 e. The second kappa shape index (κ2) is 8.06. The van der Waals surface area contributed by atoms with Crippen LogP contribution in [0.2, 0.25) is 0 Å². The van der Waals surface area contributed by atoms with E-state index < -0.39 is 7.14 Å². The molecule has 1 heterocycles. The van der Waals surface area contributed by atoms with E-state index in [4.69, 9.17) is 5.73 Å². The smallest absolute Gasteiger partial charge is 0.171 e. The first-order chi connectivity index (χ1) is 16.7. The summed E-state index contributed by atoms with van der Waals surface area (Å²) in [7, 11) is -3.05. The molecule has 3 nitrogen and oxygen atoms in total. The molecule has 1 atom stereocenters. The zero-order valence-corrected chi connectivity index (χ0v) is 19.4. The predicted molar refractivity (Wildman–Crippen MR) is 145 cm³/mol. The maximum absolute atomic E-state index is 14.7. The third kappa shape index (κ3) is 3.17. The van der Waals surface area contributed by atoms with Crippen LogP contribution in [0.5, 0.6) is 0 Å². The highest BCUT2D eigenvalue weighted by Crippen LogP contribution is 2.42. The molecule has 164 valence electrons. The number of hydrogen-bond acceptors (Lipinski definition) is 2. The van der Waals surface area contributed by atoms with Crippen LogP contribution >= 0.6 is 7.14 Å². The molecule has 4 heteroatoms. The van der Waals surface area contributed by atoms with Gasteiger partial charge in [0.1, 0.15) is 0 Å². The van der Waals surface area contributed by atoms with Crippen LogP contribution in [-0.2, 0) is 4.57 Å². The minimum Gasteiger partial charge on any atom is -0.399 e. The van der Waals surface area contributed by atoms with E-state index in [9.17, 15) is 4.57 Å². The molecule has 0 spiro atoms. The fraction of sp³-hybridized carbons (Fsp3) is 0. The van der Waals surface area contributed by atoms with Crippen LogP contribution in [0.15, 0.2) is 127 Å². The number of anilines is 1. The Morgan fingerprint density at radius 2 is 0.941 bits per heavy atom. The quantitative estimate of drug-likeness (QED) is 0.260. The van der Waals surface area contributed by atoms with Crippen molar-refractivity contribution in [3.05, 3.63) is 127 Å². The van der Waals surface area contributed by atoms with E-state index in [1.165, 1.54) is 10.8 Å². The minimum atomic E-state index is -3.05. The second-order valence-corrected chi connectivity index (χ2v) is 11.2. The van der Waals surface area contributed by atoms with Gasteiger partial charge in [0, 0.05) is 38.1 Å². The zero-order valence-electron chi connectivity index (χ0n) is 18.5. The normalized spacial score (nSPS) is 13.2. The average molecular weight is 459 g/mol. The number of nitrogens with zero attached hydrogens (tertiary/aromatic N) is 1. The van der Waals surface area contributed by atoms with Gasteiger partial charge in [0.25, 0.3) is 0 Å². The van der Waals surface area contributed by atoms with E-state index in [-0.39, 0.29) is 0 Å². The van der Waals surface area contributed by atoms with Gasteiger partial charge in [-0.3, -0.25) is 0 Å². The Morgan fingerprint density at radius 3 is 1.50 bits per heavy atom. The monoisotopic (exact) mass is 458 g/mol. The molecule has 0 fully saturated rings. The maximum Gasteiger partial charge on any atom is 0.171 e. The van der Waals surface area contributed by atoms with Gasteiger partial charge in [0.15, 0.2) is 7.14 Å². The molecule has 1 unspecified atom stereocenters. The SMILES string of the molecule is Nc1ccc(P(=O)(c2ccccc2)c2ccc(-n3c4ccccc4c4ccccc43)cc2)cc1. The summed E-state index contributed by atoms with van der Waals surface area (Å²) in [6, 6.07) is 42.1. The third-order valence-corrected chi connectivity index (χ3v) is 9.50. The van der Waals surface area contributed by atoms with Gasteiger partial charge in [-0.15, -0.1) is 0 Å². The number of para-hydroxylation sites is 2. The average Bonchev–Trinajstić information content (AvgIpc) is 3.24. The van der Waals surface area contributed by atoms with Crippen LogP contribution in [0.1, 0.15) is 0 Å². The van der Waals surface area contributed by atoms with Gasteiger partial charge >= 0.3 is 0 Å². The van der Waals surface area contributed by atoms with Crippen molar-refractivity contribution in [1.29, 1.82) is 0 Å². The number of nitrogens with two attached hydrogens (primary N) is 1. The molecule has 5 aromatic carbocycles. The van der Waals surface area contributed by atoms with Gasteiger partial charge in [-0.05, 0) is 60.7 Å². The van der Waals surface area contributed by atoms with E-state index in [1.807, 2.05) is 66.7 Å². The standard InChI is InChI=1S/C30H23N2OP/c31-22-14-18-25(19-15-22)34(33,24-8-2-1-3-9-24)26-20-16-23(17-21-26)32-29-12-6-4-10-27(29)28-11-5-7-13-30(28)32/h1-21H,31H2. The van der Waals surface area contributed by atoms with Crippen molar-refractivity contribution in [1.82, 2.24) is 4.57 Å². The molecule has 0 aliphatic carbocycles. The van der Waals surface area contributed by atoms with Gasteiger partial charge in [0.05, 0.1) is 11.0 Å². The summed E-state index contributed by atoms with van der Waals surface area (Å²) < 4.78 is 17.0. The van der Waals surface area contributed by atoms with Crippen molar-refractivity contribution >= 4 is 50.5 Å². The Bertz CT molecular complexity index is 1610. The predicted octanol–water partition coefficient (Wildman–Crippen LogP) is 6.01. The molecule has 0 radical (unpaired) electrons. The van der Waals surface area contributed by atoms with Crippen LogP contribution < -0.4 is 21.6 Å². The summed E-state index contributed by atoms with van der Waals surface area (Å²) in [4.78, 5) is 0. The molecular formula is C30H23N2OP. The van der Waals surface area contributed by atoms with E-state index in [0.29, 0.717) is 5.69 Å². The van der Waals surface area contributed by atoms with Crippen molar-refractivity contribution in [3.8, 4) is 5.69 Å². The molecule has 2 N–H and O–H groups in total. The first kappa shape index (κ1) is 20.5. The fourth-order valence-electron chi connectivity index (χ4n) is 4.78. The van der Waals surface area contributed by atoms with Gasteiger partial charge in [0.2, 0.25) is 0 Å². The molecule has 0 aliphatic heterocycles. The van der Waals surface area contributed by atoms with Gasteiger partial charge in [-0.25, -0.2) is 0 Å². The molecule has 6 aromatic rings. The lowest BCUT2D eigenvalue weighted by Gasteiger charge is -2.20. The summed E-state index contributed by atoms with van der Waals surface area (Å²) in [5.74, 6) is 0. The Hall–Kier alpha value is -4.07.